The predicted molar refractivity (Wildman–Crippen MR) is 119 cm³/mol. The highest BCUT2D eigenvalue weighted by Crippen LogP contribution is 2.39. The Morgan fingerprint density at radius 1 is 0.600 bits per heavy atom. The topological polar surface area (TPSA) is 121 Å². The summed E-state index contributed by atoms with van der Waals surface area (Å²) >= 11 is 0. The first kappa shape index (κ1) is 22.9. The van der Waals surface area contributed by atoms with Crippen molar-refractivity contribution in [1.82, 2.24) is 0 Å². The summed E-state index contributed by atoms with van der Waals surface area (Å²) < 4.78 is 72.0. The summed E-state index contributed by atoms with van der Waals surface area (Å²) in [5.74, 6) is 1.23. The third kappa shape index (κ3) is 5.99. The number of sulfone groups is 1. The smallest absolute Gasteiger partial charge is 0.214 e. The van der Waals surface area contributed by atoms with Crippen LogP contribution in [0.25, 0.3) is 0 Å². The van der Waals surface area contributed by atoms with E-state index in [4.69, 9.17) is 37.9 Å². The van der Waals surface area contributed by atoms with Gasteiger partial charge >= 0.3 is 0 Å². The first-order valence-electron chi connectivity index (χ1n) is 11.6. The zero-order chi connectivity index (χ0) is 23.8. The molecule has 4 fully saturated rings. The van der Waals surface area contributed by atoms with Crippen LogP contribution in [0.3, 0.4) is 0 Å². The van der Waals surface area contributed by atoms with E-state index < -0.39 is 9.84 Å². The van der Waals surface area contributed by atoms with E-state index in [1.54, 1.807) is 24.3 Å². The largest absolute Gasteiger partial charge is 0.491 e. The SMILES string of the molecule is O=S(=O)(c1cc(OCC2CO2)ccc1OCC1CO1)c1cc(OCC2CO2)ccc1OCC1CO1. The van der Waals surface area contributed by atoms with E-state index in [1.165, 1.54) is 12.1 Å². The zero-order valence-electron chi connectivity index (χ0n) is 18.9. The van der Waals surface area contributed by atoms with E-state index in [0.717, 1.165) is 0 Å². The van der Waals surface area contributed by atoms with Crippen molar-refractivity contribution in [2.24, 2.45) is 0 Å². The Kier molecular flexibility index (Phi) is 6.19. The Labute approximate surface area is 202 Å². The first-order chi connectivity index (χ1) is 17.0. The van der Waals surface area contributed by atoms with Gasteiger partial charge in [0.25, 0.3) is 0 Å². The molecule has 0 aliphatic carbocycles. The molecule has 0 amide bonds. The molecule has 0 aromatic heterocycles. The highest BCUT2D eigenvalue weighted by Gasteiger charge is 2.32. The molecule has 2 aromatic carbocycles. The molecule has 6 rings (SSSR count). The average Bonchev–Trinajstić information content (AvgIpc) is 3.72. The zero-order valence-corrected chi connectivity index (χ0v) is 19.7. The minimum atomic E-state index is -4.10. The lowest BCUT2D eigenvalue weighted by Crippen LogP contribution is -2.13. The van der Waals surface area contributed by atoms with Crippen LogP contribution in [0.2, 0.25) is 0 Å². The molecule has 4 aliphatic rings. The summed E-state index contributed by atoms with van der Waals surface area (Å²) in [5, 5.41) is 0. The summed E-state index contributed by atoms with van der Waals surface area (Å²) in [7, 11) is -4.10. The van der Waals surface area contributed by atoms with Gasteiger partial charge in [0, 0.05) is 12.1 Å². The average molecular weight is 507 g/mol. The molecule has 4 aliphatic heterocycles. The van der Waals surface area contributed by atoms with Crippen molar-refractivity contribution in [3.8, 4) is 23.0 Å². The Hall–Kier alpha value is -2.57. The summed E-state index contributed by atoms with van der Waals surface area (Å²) in [6, 6.07) is 9.51. The maximum Gasteiger partial charge on any atom is 0.214 e. The molecule has 4 saturated heterocycles. The fourth-order valence-corrected chi connectivity index (χ4v) is 4.90. The van der Waals surface area contributed by atoms with Gasteiger partial charge in [0.05, 0.1) is 26.4 Å². The Bertz CT molecular complexity index is 1080. The van der Waals surface area contributed by atoms with E-state index in [9.17, 15) is 8.42 Å². The van der Waals surface area contributed by atoms with Gasteiger partial charge in [-0.25, -0.2) is 8.42 Å². The molecule has 11 heteroatoms. The molecule has 0 spiro atoms. The summed E-state index contributed by atoms with van der Waals surface area (Å²) in [6.45, 7) is 3.66. The van der Waals surface area contributed by atoms with Gasteiger partial charge in [0.2, 0.25) is 9.84 Å². The van der Waals surface area contributed by atoms with Crippen LogP contribution in [0.4, 0.5) is 0 Å². The Balaban J connectivity index is 1.33. The molecule has 4 heterocycles. The molecule has 0 N–H and O–H groups in total. The van der Waals surface area contributed by atoms with E-state index >= 15 is 0 Å². The van der Waals surface area contributed by atoms with Gasteiger partial charge in [0.1, 0.15) is 83.6 Å². The normalized spacial score (nSPS) is 26.1. The molecule has 4 atom stereocenters. The molecule has 10 nitrogen and oxygen atoms in total. The van der Waals surface area contributed by atoms with Crippen molar-refractivity contribution in [3.63, 3.8) is 0 Å². The number of hydrogen-bond acceptors (Lipinski definition) is 10. The van der Waals surface area contributed by atoms with Crippen LogP contribution in [0, 0.1) is 0 Å². The van der Waals surface area contributed by atoms with Gasteiger partial charge < -0.3 is 37.9 Å². The van der Waals surface area contributed by atoms with E-state index in [0.29, 0.717) is 51.1 Å². The van der Waals surface area contributed by atoms with E-state index in [-0.39, 0.29) is 58.9 Å². The third-order valence-corrected chi connectivity index (χ3v) is 7.54. The molecular weight excluding hydrogens is 480 g/mol. The summed E-state index contributed by atoms with van der Waals surface area (Å²) in [6.07, 6.45) is -0.00144. The van der Waals surface area contributed by atoms with Gasteiger partial charge in [-0.1, -0.05) is 0 Å². The van der Waals surface area contributed by atoms with Crippen molar-refractivity contribution >= 4 is 9.84 Å². The predicted octanol–water partition coefficient (Wildman–Crippen LogP) is 1.63. The van der Waals surface area contributed by atoms with Crippen LogP contribution in [0.1, 0.15) is 0 Å². The van der Waals surface area contributed by atoms with E-state index in [2.05, 4.69) is 0 Å². The van der Waals surface area contributed by atoms with Crippen LogP contribution in [-0.2, 0) is 28.8 Å². The second-order valence-electron chi connectivity index (χ2n) is 8.79. The van der Waals surface area contributed by atoms with Crippen molar-refractivity contribution in [2.75, 3.05) is 52.9 Å². The molecule has 0 saturated carbocycles. The molecule has 4 unspecified atom stereocenters. The minimum Gasteiger partial charge on any atom is -0.491 e. The molecule has 35 heavy (non-hydrogen) atoms. The lowest BCUT2D eigenvalue weighted by Gasteiger charge is -2.17. The van der Waals surface area contributed by atoms with Gasteiger partial charge in [-0.2, -0.15) is 0 Å². The van der Waals surface area contributed by atoms with E-state index in [1.807, 2.05) is 0 Å². The Morgan fingerprint density at radius 3 is 1.29 bits per heavy atom. The summed E-state index contributed by atoms with van der Waals surface area (Å²) in [5.41, 5.74) is 0. The minimum absolute atomic E-state index is 0.0254. The van der Waals surface area contributed by atoms with Crippen molar-refractivity contribution in [3.05, 3.63) is 36.4 Å². The van der Waals surface area contributed by atoms with Crippen molar-refractivity contribution < 1.29 is 46.3 Å². The number of epoxide rings is 4. The van der Waals surface area contributed by atoms with Crippen LogP contribution in [-0.4, -0.2) is 85.7 Å². The quantitative estimate of drug-likeness (QED) is 0.350. The molecule has 0 bridgehead atoms. The Morgan fingerprint density at radius 2 is 0.943 bits per heavy atom. The molecule has 188 valence electrons. The fraction of sp³-hybridized carbons (Fsp3) is 0.500. The lowest BCUT2D eigenvalue weighted by atomic mass is 10.3. The maximum atomic E-state index is 14.0. The van der Waals surface area contributed by atoms with Crippen LogP contribution in [0.5, 0.6) is 23.0 Å². The van der Waals surface area contributed by atoms with Gasteiger partial charge in [-0.15, -0.1) is 0 Å². The first-order valence-corrected chi connectivity index (χ1v) is 13.0. The van der Waals surface area contributed by atoms with Crippen molar-refractivity contribution in [2.45, 2.75) is 34.2 Å². The second-order valence-corrected chi connectivity index (χ2v) is 10.7. The number of hydrogen-bond donors (Lipinski definition) is 0. The van der Waals surface area contributed by atoms with Gasteiger partial charge in [-0.3, -0.25) is 0 Å². The highest BCUT2D eigenvalue weighted by atomic mass is 32.2. The van der Waals surface area contributed by atoms with Gasteiger partial charge in [-0.05, 0) is 24.3 Å². The van der Waals surface area contributed by atoms with Crippen LogP contribution in [0.15, 0.2) is 46.2 Å². The molecule has 2 aromatic rings. The number of ether oxygens (including phenoxy) is 8. The second kappa shape index (κ2) is 9.47. The standard InChI is InChI=1S/C24H26O10S/c25-35(26,23-5-15(27-7-17-9-29-17)1-3-21(23)33-13-19-11-31-19)24-6-16(28-8-18-10-30-18)2-4-22(24)34-14-20-12-32-20/h1-6,17-20H,7-14H2. The number of rotatable bonds is 14. The molecule has 0 radical (unpaired) electrons. The lowest BCUT2D eigenvalue weighted by molar-refractivity contribution is 0.251. The van der Waals surface area contributed by atoms with Crippen LogP contribution >= 0.6 is 0 Å². The summed E-state index contributed by atoms with van der Waals surface area (Å²) in [4.78, 5) is -0.0508. The maximum absolute atomic E-state index is 14.0. The van der Waals surface area contributed by atoms with Crippen LogP contribution < -0.4 is 18.9 Å². The fourth-order valence-electron chi connectivity index (χ4n) is 3.33. The monoisotopic (exact) mass is 506 g/mol. The molecular formula is C24H26O10S. The van der Waals surface area contributed by atoms with Gasteiger partial charge in [0.15, 0.2) is 0 Å². The van der Waals surface area contributed by atoms with Crippen molar-refractivity contribution in [1.29, 1.82) is 0 Å². The number of benzene rings is 2. The third-order valence-electron chi connectivity index (χ3n) is 5.74. The highest BCUT2D eigenvalue weighted by molar-refractivity contribution is 7.91.